The zero-order valence-corrected chi connectivity index (χ0v) is 11.9. The molecule has 1 saturated heterocycles. The van der Waals surface area contributed by atoms with Crippen molar-refractivity contribution in [1.82, 2.24) is 10.2 Å². The highest BCUT2D eigenvalue weighted by Crippen LogP contribution is 2.25. The van der Waals surface area contributed by atoms with Gasteiger partial charge in [0, 0.05) is 28.6 Å². The number of likely N-dealkylation sites (tertiary alicyclic amines) is 1. The van der Waals surface area contributed by atoms with Gasteiger partial charge in [-0.3, -0.25) is 9.59 Å². The lowest BCUT2D eigenvalue weighted by molar-refractivity contribution is -0.129. The second-order valence-electron chi connectivity index (χ2n) is 4.92. The van der Waals surface area contributed by atoms with Crippen LogP contribution in [0.2, 0.25) is 0 Å². The van der Waals surface area contributed by atoms with Crippen LogP contribution < -0.4 is 5.32 Å². The van der Waals surface area contributed by atoms with E-state index in [1.54, 1.807) is 11.3 Å². The van der Waals surface area contributed by atoms with Crippen molar-refractivity contribution in [1.29, 1.82) is 0 Å². The molecule has 20 heavy (non-hydrogen) atoms. The van der Waals surface area contributed by atoms with E-state index in [0.29, 0.717) is 5.56 Å². The Hall–Kier alpha value is -1.88. The summed E-state index contributed by atoms with van der Waals surface area (Å²) in [6.45, 7) is 1.72. The molecule has 4 nitrogen and oxygen atoms in total. The van der Waals surface area contributed by atoms with E-state index in [1.165, 1.54) is 0 Å². The smallest absolute Gasteiger partial charge is 0.253 e. The van der Waals surface area contributed by atoms with Crippen LogP contribution in [0.15, 0.2) is 29.6 Å². The van der Waals surface area contributed by atoms with Crippen molar-refractivity contribution in [3.8, 4) is 0 Å². The number of hydrogen-bond donors (Lipinski definition) is 1. The van der Waals surface area contributed by atoms with Crippen LogP contribution in [-0.2, 0) is 4.79 Å². The molecule has 0 aliphatic carbocycles. The van der Waals surface area contributed by atoms with Crippen LogP contribution in [-0.4, -0.2) is 36.3 Å². The summed E-state index contributed by atoms with van der Waals surface area (Å²) in [7, 11) is 0. The molecule has 0 spiro atoms. The fourth-order valence-electron chi connectivity index (χ4n) is 2.48. The zero-order chi connectivity index (χ0) is 13.9. The van der Waals surface area contributed by atoms with Gasteiger partial charge >= 0.3 is 0 Å². The minimum Gasteiger partial charge on any atom is -0.343 e. The summed E-state index contributed by atoms with van der Waals surface area (Å²) in [4.78, 5) is 25.9. The van der Waals surface area contributed by atoms with E-state index in [4.69, 9.17) is 0 Å². The largest absolute Gasteiger partial charge is 0.343 e. The average Bonchev–Trinajstić information content (AvgIpc) is 3.13. The second kappa shape index (κ2) is 5.63. The Morgan fingerprint density at radius 1 is 1.20 bits per heavy atom. The number of nitrogens with one attached hydrogen (secondary N) is 1. The first-order valence-corrected chi connectivity index (χ1v) is 7.66. The van der Waals surface area contributed by atoms with Crippen LogP contribution in [0.25, 0.3) is 10.1 Å². The van der Waals surface area contributed by atoms with Crippen molar-refractivity contribution in [2.45, 2.75) is 12.8 Å². The van der Waals surface area contributed by atoms with Gasteiger partial charge in [-0.1, -0.05) is 18.2 Å². The molecule has 0 bridgehead atoms. The molecule has 1 N–H and O–H groups in total. The summed E-state index contributed by atoms with van der Waals surface area (Å²) in [5, 5.41) is 5.53. The molecule has 2 amide bonds. The molecule has 3 rings (SSSR count). The summed E-state index contributed by atoms with van der Waals surface area (Å²) in [6.07, 6.45) is 2.13. The van der Waals surface area contributed by atoms with Crippen LogP contribution in [0.4, 0.5) is 0 Å². The monoisotopic (exact) mass is 288 g/mol. The zero-order valence-electron chi connectivity index (χ0n) is 11.1. The molecule has 1 aliphatic heterocycles. The topological polar surface area (TPSA) is 49.4 Å². The van der Waals surface area contributed by atoms with Crippen LogP contribution in [0.1, 0.15) is 23.2 Å². The maximum atomic E-state index is 12.2. The van der Waals surface area contributed by atoms with Gasteiger partial charge in [-0.25, -0.2) is 0 Å². The Labute approximate surface area is 121 Å². The fourth-order valence-corrected chi connectivity index (χ4v) is 3.42. The van der Waals surface area contributed by atoms with Gasteiger partial charge < -0.3 is 10.2 Å². The maximum absolute atomic E-state index is 12.2. The van der Waals surface area contributed by atoms with Crippen molar-refractivity contribution < 1.29 is 9.59 Å². The standard InChI is InChI=1S/C15H16N2O2S/c18-14(17-7-3-4-8-17)9-16-15(19)12-10-20-13-6-2-1-5-11(12)13/h1-2,5-6,10H,3-4,7-9H2,(H,16,19). The van der Waals surface area contributed by atoms with Crippen LogP contribution in [0.3, 0.4) is 0 Å². The number of rotatable bonds is 3. The molecular weight excluding hydrogens is 272 g/mol. The molecule has 0 unspecified atom stereocenters. The number of hydrogen-bond acceptors (Lipinski definition) is 3. The fraction of sp³-hybridized carbons (Fsp3) is 0.333. The molecule has 5 heteroatoms. The molecule has 0 saturated carbocycles. The highest BCUT2D eigenvalue weighted by Gasteiger charge is 2.19. The van der Waals surface area contributed by atoms with E-state index < -0.39 is 0 Å². The van der Waals surface area contributed by atoms with Gasteiger partial charge in [0.1, 0.15) is 0 Å². The Morgan fingerprint density at radius 3 is 2.75 bits per heavy atom. The molecular formula is C15H16N2O2S. The lowest BCUT2D eigenvalue weighted by Gasteiger charge is -2.15. The number of amides is 2. The number of fused-ring (bicyclic) bond motifs is 1. The third-order valence-electron chi connectivity index (χ3n) is 3.58. The van der Waals surface area contributed by atoms with Gasteiger partial charge in [-0.15, -0.1) is 11.3 Å². The first-order valence-electron chi connectivity index (χ1n) is 6.78. The summed E-state index contributed by atoms with van der Waals surface area (Å²) in [5.41, 5.74) is 0.653. The normalized spacial score (nSPS) is 14.7. The SMILES string of the molecule is O=C(NCC(=O)N1CCCC1)c1csc2ccccc12. The van der Waals surface area contributed by atoms with Gasteiger partial charge in [0.25, 0.3) is 5.91 Å². The molecule has 104 valence electrons. The predicted octanol–water partition coefficient (Wildman–Crippen LogP) is 2.25. The van der Waals surface area contributed by atoms with Gasteiger partial charge in [-0.05, 0) is 18.9 Å². The molecule has 1 aliphatic rings. The minimum absolute atomic E-state index is 0.00962. The van der Waals surface area contributed by atoms with E-state index in [2.05, 4.69) is 5.32 Å². The highest BCUT2D eigenvalue weighted by atomic mass is 32.1. The summed E-state index contributed by atoms with van der Waals surface area (Å²) in [6, 6.07) is 7.80. The molecule has 1 aromatic carbocycles. The van der Waals surface area contributed by atoms with Crippen LogP contribution in [0.5, 0.6) is 0 Å². The molecule has 0 radical (unpaired) electrons. The lowest BCUT2D eigenvalue weighted by Crippen LogP contribution is -2.38. The van der Waals surface area contributed by atoms with E-state index in [-0.39, 0.29) is 18.4 Å². The molecule has 0 atom stereocenters. The maximum Gasteiger partial charge on any atom is 0.253 e. The Bertz CT molecular complexity index is 644. The number of benzene rings is 1. The van der Waals surface area contributed by atoms with E-state index >= 15 is 0 Å². The lowest BCUT2D eigenvalue weighted by atomic mass is 10.1. The Morgan fingerprint density at radius 2 is 1.95 bits per heavy atom. The summed E-state index contributed by atoms with van der Waals surface area (Å²) >= 11 is 1.55. The van der Waals surface area contributed by atoms with Gasteiger partial charge in [0.05, 0.1) is 12.1 Å². The van der Waals surface area contributed by atoms with Crippen LogP contribution >= 0.6 is 11.3 Å². The minimum atomic E-state index is -0.171. The van der Waals surface area contributed by atoms with Crippen molar-refractivity contribution in [3.63, 3.8) is 0 Å². The quantitative estimate of drug-likeness (QED) is 0.941. The number of nitrogens with zero attached hydrogens (tertiary/aromatic N) is 1. The highest BCUT2D eigenvalue weighted by molar-refractivity contribution is 7.17. The molecule has 1 aromatic heterocycles. The Balaban J connectivity index is 1.66. The predicted molar refractivity (Wildman–Crippen MR) is 80.0 cm³/mol. The van der Waals surface area contributed by atoms with Crippen LogP contribution in [0, 0.1) is 0 Å². The second-order valence-corrected chi connectivity index (χ2v) is 5.83. The molecule has 2 aromatic rings. The van der Waals surface area contributed by atoms with E-state index in [1.807, 2.05) is 34.5 Å². The van der Waals surface area contributed by atoms with Gasteiger partial charge in [0.15, 0.2) is 0 Å². The van der Waals surface area contributed by atoms with Gasteiger partial charge in [-0.2, -0.15) is 0 Å². The number of carbonyl (C=O) groups is 2. The third kappa shape index (κ3) is 2.54. The van der Waals surface area contributed by atoms with Crippen molar-refractivity contribution in [3.05, 3.63) is 35.2 Å². The average molecular weight is 288 g/mol. The Kier molecular flexibility index (Phi) is 3.69. The van der Waals surface area contributed by atoms with Crippen molar-refractivity contribution in [2.75, 3.05) is 19.6 Å². The molecule has 2 heterocycles. The van der Waals surface area contributed by atoms with Crippen molar-refractivity contribution in [2.24, 2.45) is 0 Å². The first-order chi connectivity index (χ1) is 9.75. The third-order valence-corrected chi connectivity index (χ3v) is 4.55. The molecule has 1 fully saturated rings. The van der Waals surface area contributed by atoms with Gasteiger partial charge in [0.2, 0.25) is 5.91 Å². The van der Waals surface area contributed by atoms with E-state index in [0.717, 1.165) is 36.0 Å². The number of thiophene rings is 1. The first kappa shape index (κ1) is 13.1. The summed E-state index contributed by atoms with van der Waals surface area (Å²) < 4.78 is 1.09. The van der Waals surface area contributed by atoms with Crippen molar-refractivity contribution >= 4 is 33.2 Å². The van der Waals surface area contributed by atoms with E-state index in [9.17, 15) is 9.59 Å². The summed E-state index contributed by atoms with van der Waals surface area (Å²) in [5.74, 6) is -0.162. The number of carbonyl (C=O) groups excluding carboxylic acids is 2.